The number of aliphatic hydroxyl groups excluding tert-OH is 1. The van der Waals surface area contributed by atoms with Gasteiger partial charge < -0.3 is 10.4 Å². The minimum absolute atomic E-state index is 0.133. The summed E-state index contributed by atoms with van der Waals surface area (Å²) in [5.41, 5.74) is 0.334. The molecule has 2 unspecified atom stereocenters. The van der Waals surface area contributed by atoms with Crippen LogP contribution in [0.3, 0.4) is 0 Å². The fourth-order valence-electron chi connectivity index (χ4n) is 4.66. The molecule has 0 aliphatic carbocycles. The van der Waals surface area contributed by atoms with Gasteiger partial charge in [0, 0.05) is 18.2 Å². The molecular weight excluding hydrogens is 462 g/mol. The van der Waals surface area contributed by atoms with E-state index in [1.54, 1.807) is 36.1 Å². The first-order chi connectivity index (χ1) is 16.7. The van der Waals surface area contributed by atoms with E-state index in [-0.39, 0.29) is 11.4 Å². The smallest absolute Gasteiger partial charge is 0.374 e. The van der Waals surface area contributed by atoms with Crippen LogP contribution in [0.4, 0.5) is 23.4 Å². The molecule has 3 atom stereocenters. The molecule has 184 valence electrons. The maximum Gasteiger partial charge on any atom is 0.433 e. The summed E-state index contributed by atoms with van der Waals surface area (Å²) in [5, 5.41) is 13.8. The van der Waals surface area contributed by atoms with Gasteiger partial charge in [0.25, 0.3) is 0 Å². The number of aromatic nitrogens is 1. The molecule has 35 heavy (non-hydrogen) atoms. The number of hydrogen-bond acceptors (Lipinski definition) is 4. The number of carbonyl (C=O) groups excluding carboxylic acids is 1. The number of aryl methyl sites for hydroxylation is 1. The van der Waals surface area contributed by atoms with E-state index < -0.39 is 41.8 Å². The second-order valence-corrected chi connectivity index (χ2v) is 8.58. The van der Waals surface area contributed by atoms with Gasteiger partial charge in [-0.3, -0.25) is 9.69 Å². The van der Waals surface area contributed by atoms with Crippen LogP contribution in [0.25, 0.3) is 0 Å². The number of anilines is 1. The summed E-state index contributed by atoms with van der Waals surface area (Å²) in [6.07, 6.45) is -4.99. The first-order valence-electron chi connectivity index (χ1n) is 11.3. The van der Waals surface area contributed by atoms with Crippen LogP contribution in [0.1, 0.15) is 47.5 Å². The summed E-state index contributed by atoms with van der Waals surface area (Å²) in [5.74, 6) is -2.00. The Morgan fingerprint density at radius 3 is 2.49 bits per heavy atom. The summed E-state index contributed by atoms with van der Waals surface area (Å²) in [6.45, 7) is 2.10. The Bertz CT molecular complexity index is 1170. The highest BCUT2D eigenvalue weighted by molar-refractivity contribution is 5.92. The van der Waals surface area contributed by atoms with Crippen molar-refractivity contribution in [2.45, 2.75) is 38.2 Å². The Hall–Kier alpha value is -3.30. The lowest BCUT2D eigenvalue weighted by Crippen LogP contribution is -2.45. The zero-order valence-electron chi connectivity index (χ0n) is 19.0. The lowest BCUT2D eigenvalue weighted by molar-refractivity contribution is -0.141. The minimum Gasteiger partial charge on any atom is -0.374 e. The number of nitrogens with zero attached hydrogens (tertiary/aromatic N) is 2. The molecule has 1 aliphatic rings. The molecule has 0 radical (unpaired) electrons. The molecule has 1 saturated heterocycles. The molecule has 2 N–H and O–H groups in total. The monoisotopic (exact) mass is 487 g/mol. The van der Waals surface area contributed by atoms with Crippen LogP contribution in [0.2, 0.25) is 0 Å². The largest absolute Gasteiger partial charge is 0.433 e. The molecule has 4 rings (SSSR count). The van der Waals surface area contributed by atoms with Gasteiger partial charge in [-0.15, -0.1) is 0 Å². The van der Waals surface area contributed by atoms with E-state index >= 15 is 0 Å². The van der Waals surface area contributed by atoms with E-state index in [0.29, 0.717) is 24.9 Å². The van der Waals surface area contributed by atoms with Gasteiger partial charge in [-0.05, 0) is 49.1 Å². The molecule has 0 saturated carbocycles. The van der Waals surface area contributed by atoms with Crippen molar-refractivity contribution in [3.05, 3.63) is 94.9 Å². The number of rotatable bonds is 5. The van der Waals surface area contributed by atoms with Crippen LogP contribution in [0.5, 0.6) is 0 Å². The van der Waals surface area contributed by atoms with Crippen LogP contribution < -0.4 is 5.32 Å². The zero-order valence-corrected chi connectivity index (χ0v) is 19.0. The van der Waals surface area contributed by atoms with Gasteiger partial charge >= 0.3 is 6.18 Å². The van der Waals surface area contributed by atoms with E-state index in [0.717, 1.165) is 11.6 Å². The number of nitrogens with one attached hydrogen (secondary N) is 1. The van der Waals surface area contributed by atoms with Crippen molar-refractivity contribution in [1.29, 1.82) is 0 Å². The number of pyridine rings is 1. The van der Waals surface area contributed by atoms with Crippen LogP contribution in [-0.4, -0.2) is 27.4 Å². The number of carbonyl (C=O) groups is 1. The van der Waals surface area contributed by atoms with Gasteiger partial charge in [0.2, 0.25) is 5.91 Å². The molecule has 0 spiro atoms. The summed E-state index contributed by atoms with van der Waals surface area (Å²) in [6, 6.07) is 16.2. The molecule has 1 aromatic heterocycles. The number of alkyl halides is 3. The number of halogens is 4. The first-order valence-corrected chi connectivity index (χ1v) is 11.3. The minimum atomic E-state index is -4.64. The Balaban J connectivity index is 1.68. The molecule has 1 aliphatic heterocycles. The van der Waals surface area contributed by atoms with E-state index in [1.807, 2.05) is 18.2 Å². The van der Waals surface area contributed by atoms with Gasteiger partial charge in [-0.1, -0.05) is 48.5 Å². The second kappa shape index (κ2) is 10.1. The van der Waals surface area contributed by atoms with Crippen molar-refractivity contribution >= 4 is 11.7 Å². The topological polar surface area (TPSA) is 65.5 Å². The quantitative estimate of drug-likeness (QED) is 0.458. The van der Waals surface area contributed by atoms with Crippen molar-refractivity contribution < 1.29 is 27.5 Å². The number of hydrogen-bond donors (Lipinski definition) is 2. The van der Waals surface area contributed by atoms with Gasteiger partial charge in [-0.2, -0.15) is 13.2 Å². The zero-order chi connectivity index (χ0) is 25.2. The molecule has 1 fully saturated rings. The van der Waals surface area contributed by atoms with E-state index in [1.165, 1.54) is 18.2 Å². The van der Waals surface area contributed by atoms with Crippen LogP contribution >= 0.6 is 0 Å². The number of amides is 1. The van der Waals surface area contributed by atoms with Crippen molar-refractivity contribution in [2.24, 2.45) is 5.92 Å². The highest BCUT2D eigenvalue weighted by Crippen LogP contribution is 2.42. The van der Waals surface area contributed by atoms with Gasteiger partial charge in [0.05, 0.1) is 5.92 Å². The van der Waals surface area contributed by atoms with Gasteiger partial charge in [0.1, 0.15) is 23.6 Å². The Morgan fingerprint density at radius 1 is 1.09 bits per heavy atom. The number of likely N-dealkylation sites (tertiary alicyclic amines) is 1. The highest BCUT2D eigenvalue weighted by Gasteiger charge is 2.41. The maximum absolute atomic E-state index is 14.7. The number of aliphatic hydroxyl groups is 1. The van der Waals surface area contributed by atoms with Crippen molar-refractivity contribution in [3.8, 4) is 0 Å². The number of piperidine rings is 1. The predicted molar refractivity (Wildman–Crippen MR) is 123 cm³/mol. The van der Waals surface area contributed by atoms with Crippen molar-refractivity contribution in [3.63, 3.8) is 0 Å². The molecule has 0 bridgehead atoms. The summed E-state index contributed by atoms with van der Waals surface area (Å²) in [7, 11) is 0. The second-order valence-electron chi connectivity index (χ2n) is 8.58. The molecule has 5 nitrogen and oxygen atoms in total. The first kappa shape index (κ1) is 24.8. The fourth-order valence-corrected chi connectivity index (χ4v) is 4.66. The normalized spacial score (nSPS) is 19.8. The lowest BCUT2D eigenvalue weighted by atomic mass is 9.83. The molecule has 2 heterocycles. The molecule has 2 aromatic carbocycles. The standard InChI is InChI=1S/C26H25F4N3O2/c1-16-8-5-12-19(27)22(16)25(35)33-15-7-11-18(23(33)17-9-3-2-4-10-17)24(34)32-21-14-6-13-20(31-21)26(28,29)30/h2-6,8-10,12-14,18,23,25,35H,7,11,15H2,1H3,(H,31,32,34)/t18?,23-,25?/m0/s1. The van der Waals surface area contributed by atoms with Gasteiger partial charge in [0.15, 0.2) is 0 Å². The third-order valence-corrected chi connectivity index (χ3v) is 6.28. The summed E-state index contributed by atoms with van der Waals surface area (Å²) >= 11 is 0. The SMILES string of the molecule is Cc1cccc(F)c1C(O)N1CCCC(C(=O)Nc2cccc(C(F)(F)F)n2)[C@@H]1c1ccccc1. The van der Waals surface area contributed by atoms with E-state index in [4.69, 9.17) is 0 Å². The summed E-state index contributed by atoms with van der Waals surface area (Å²) in [4.78, 5) is 18.5. The highest BCUT2D eigenvalue weighted by atomic mass is 19.4. The van der Waals surface area contributed by atoms with Crippen LogP contribution in [-0.2, 0) is 11.0 Å². The molecule has 3 aromatic rings. The third kappa shape index (κ3) is 5.36. The average Bonchev–Trinajstić information content (AvgIpc) is 2.83. The lowest BCUT2D eigenvalue weighted by Gasteiger charge is -2.43. The van der Waals surface area contributed by atoms with E-state index in [2.05, 4.69) is 10.3 Å². The Kier molecular flexibility index (Phi) is 7.18. The summed E-state index contributed by atoms with van der Waals surface area (Å²) < 4.78 is 53.9. The van der Waals surface area contributed by atoms with Crippen LogP contribution in [0.15, 0.2) is 66.7 Å². The third-order valence-electron chi connectivity index (χ3n) is 6.28. The maximum atomic E-state index is 14.7. The van der Waals surface area contributed by atoms with Crippen molar-refractivity contribution in [1.82, 2.24) is 9.88 Å². The number of benzene rings is 2. The average molecular weight is 487 g/mol. The van der Waals surface area contributed by atoms with Gasteiger partial charge in [-0.25, -0.2) is 9.37 Å². The van der Waals surface area contributed by atoms with E-state index in [9.17, 15) is 27.5 Å². The van der Waals surface area contributed by atoms with Crippen LogP contribution in [0, 0.1) is 18.7 Å². The molecular formula is C26H25F4N3O2. The Morgan fingerprint density at radius 2 is 1.80 bits per heavy atom. The molecule has 1 amide bonds. The predicted octanol–water partition coefficient (Wildman–Crippen LogP) is 5.63. The van der Waals surface area contributed by atoms with Crippen molar-refractivity contribution in [2.75, 3.05) is 11.9 Å². The molecule has 9 heteroatoms. The Labute approximate surface area is 200 Å². The fraction of sp³-hybridized carbons (Fsp3) is 0.308.